The Labute approximate surface area is 109 Å². The molecule has 0 spiro atoms. The Hall–Kier alpha value is -1.10. The molecule has 0 bridgehead atoms. The van der Waals surface area contributed by atoms with Gasteiger partial charge >= 0.3 is 0 Å². The minimum atomic E-state index is 0.875. The Morgan fingerprint density at radius 3 is 2.44 bits per heavy atom. The number of benzene rings is 1. The Kier molecular flexibility index (Phi) is 3.43. The Morgan fingerprint density at radius 1 is 1.19 bits per heavy atom. The summed E-state index contributed by atoms with van der Waals surface area (Å²) < 4.78 is 6.16. The van der Waals surface area contributed by atoms with Crippen LogP contribution in [0.25, 0.3) is 11.1 Å². The summed E-state index contributed by atoms with van der Waals surface area (Å²) in [5.41, 5.74) is 3.58. The Bertz CT molecular complexity index is 494. The van der Waals surface area contributed by atoms with Gasteiger partial charge < -0.3 is 4.74 Å². The largest absolute Gasteiger partial charge is 0.497 e. The molecule has 1 heterocycles. The van der Waals surface area contributed by atoms with E-state index in [0.717, 1.165) is 9.45 Å². The van der Waals surface area contributed by atoms with Gasteiger partial charge in [-0.3, -0.25) is 0 Å². The highest BCUT2D eigenvalue weighted by Gasteiger charge is 2.03. The molecule has 0 N–H and O–H groups in total. The van der Waals surface area contributed by atoms with Crippen LogP contribution in [0.5, 0.6) is 5.75 Å². The van der Waals surface area contributed by atoms with E-state index in [1.807, 2.05) is 18.3 Å². The van der Waals surface area contributed by atoms with Crippen molar-refractivity contribution in [3.8, 4) is 16.9 Å². The minimum absolute atomic E-state index is 0.875. The van der Waals surface area contributed by atoms with Crippen molar-refractivity contribution < 1.29 is 4.74 Å². The molecule has 0 saturated carbocycles. The van der Waals surface area contributed by atoms with E-state index < -0.39 is 0 Å². The standard InChI is InChI=1S/C13H12INO/c1-9-7-13(14)15-8-12(9)10-3-5-11(16-2)6-4-10/h3-8H,1-2H3. The number of hydrogen-bond acceptors (Lipinski definition) is 2. The third-order valence-corrected chi connectivity index (χ3v) is 3.07. The number of rotatable bonds is 2. The molecule has 0 aliphatic carbocycles. The Morgan fingerprint density at radius 2 is 1.88 bits per heavy atom. The van der Waals surface area contributed by atoms with Crippen molar-refractivity contribution >= 4 is 22.6 Å². The second kappa shape index (κ2) is 4.82. The fourth-order valence-electron chi connectivity index (χ4n) is 1.59. The summed E-state index contributed by atoms with van der Waals surface area (Å²) in [5, 5.41) is 0. The fraction of sp³-hybridized carbons (Fsp3) is 0.154. The van der Waals surface area contributed by atoms with Crippen LogP contribution in [0, 0.1) is 10.6 Å². The topological polar surface area (TPSA) is 22.1 Å². The van der Waals surface area contributed by atoms with E-state index in [2.05, 4.69) is 52.7 Å². The minimum Gasteiger partial charge on any atom is -0.497 e. The van der Waals surface area contributed by atoms with Crippen LogP contribution in [0.3, 0.4) is 0 Å². The number of aromatic nitrogens is 1. The van der Waals surface area contributed by atoms with Gasteiger partial charge in [-0.2, -0.15) is 0 Å². The third-order valence-electron chi connectivity index (χ3n) is 2.48. The highest BCUT2D eigenvalue weighted by Crippen LogP contribution is 2.25. The first kappa shape index (κ1) is 11.4. The maximum atomic E-state index is 5.14. The molecule has 2 rings (SSSR count). The van der Waals surface area contributed by atoms with Gasteiger partial charge in [0.25, 0.3) is 0 Å². The molecular weight excluding hydrogens is 313 g/mol. The number of aryl methyl sites for hydroxylation is 1. The second-order valence-corrected chi connectivity index (χ2v) is 4.66. The summed E-state index contributed by atoms with van der Waals surface area (Å²) in [4.78, 5) is 4.31. The number of halogens is 1. The summed E-state index contributed by atoms with van der Waals surface area (Å²) in [7, 11) is 1.67. The van der Waals surface area contributed by atoms with Crippen LogP contribution in [0.2, 0.25) is 0 Å². The van der Waals surface area contributed by atoms with Gasteiger partial charge in [-0.1, -0.05) is 12.1 Å². The van der Waals surface area contributed by atoms with Gasteiger partial charge in [0.05, 0.1) is 7.11 Å². The quantitative estimate of drug-likeness (QED) is 0.621. The molecule has 0 unspecified atom stereocenters. The van der Waals surface area contributed by atoms with E-state index in [1.54, 1.807) is 7.11 Å². The van der Waals surface area contributed by atoms with Crippen LogP contribution in [0.15, 0.2) is 36.5 Å². The maximum absolute atomic E-state index is 5.14. The maximum Gasteiger partial charge on any atom is 0.118 e. The molecule has 16 heavy (non-hydrogen) atoms. The Balaban J connectivity index is 2.42. The summed E-state index contributed by atoms with van der Waals surface area (Å²) in [5.74, 6) is 0.875. The lowest BCUT2D eigenvalue weighted by molar-refractivity contribution is 0.415. The number of nitrogens with zero attached hydrogens (tertiary/aromatic N) is 1. The lowest BCUT2D eigenvalue weighted by Gasteiger charge is -2.06. The molecule has 0 aliphatic rings. The molecular formula is C13H12INO. The summed E-state index contributed by atoms with van der Waals surface area (Å²) >= 11 is 2.22. The zero-order valence-electron chi connectivity index (χ0n) is 9.20. The molecule has 0 fully saturated rings. The van der Waals surface area contributed by atoms with Gasteiger partial charge in [0.1, 0.15) is 9.45 Å². The first-order chi connectivity index (χ1) is 7.70. The van der Waals surface area contributed by atoms with Crippen molar-refractivity contribution in [3.63, 3.8) is 0 Å². The van der Waals surface area contributed by atoms with E-state index in [1.165, 1.54) is 16.7 Å². The smallest absolute Gasteiger partial charge is 0.118 e. The van der Waals surface area contributed by atoms with Crippen LogP contribution in [0.1, 0.15) is 5.56 Å². The number of pyridine rings is 1. The molecule has 1 aromatic heterocycles. The summed E-state index contributed by atoms with van der Waals surface area (Å²) in [6.45, 7) is 2.10. The zero-order valence-corrected chi connectivity index (χ0v) is 11.4. The molecule has 2 nitrogen and oxygen atoms in total. The first-order valence-electron chi connectivity index (χ1n) is 4.97. The number of hydrogen-bond donors (Lipinski definition) is 0. The van der Waals surface area contributed by atoms with Gasteiger partial charge in [-0.15, -0.1) is 0 Å². The van der Waals surface area contributed by atoms with Gasteiger partial charge in [-0.25, -0.2) is 4.98 Å². The molecule has 2 aromatic rings. The lowest BCUT2D eigenvalue weighted by Crippen LogP contribution is -1.88. The molecule has 0 aliphatic heterocycles. The van der Waals surface area contributed by atoms with Crippen molar-refractivity contribution in [2.75, 3.05) is 7.11 Å². The van der Waals surface area contributed by atoms with Gasteiger partial charge in [0.2, 0.25) is 0 Å². The van der Waals surface area contributed by atoms with Crippen LogP contribution in [0.4, 0.5) is 0 Å². The highest BCUT2D eigenvalue weighted by molar-refractivity contribution is 14.1. The monoisotopic (exact) mass is 325 g/mol. The molecule has 0 atom stereocenters. The van der Waals surface area contributed by atoms with Gasteiger partial charge in [0.15, 0.2) is 0 Å². The number of ether oxygens (including phenoxy) is 1. The second-order valence-electron chi connectivity index (χ2n) is 3.55. The van der Waals surface area contributed by atoms with Crippen molar-refractivity contribution in [2.45, 2.75) is 6.92 Å². The van der Waals surface area contributed by atoms with Gasteiger partial charge in [-0.05, 0) is 58.8 Å². The van der Waals surface area contributed by atoms with Crippen molar-refractivity contribution in [3.05, 3.63) is 45.8 Å². The summed E-state index contributed by atoms with van der Waals surface area (Å²) in [6.07, 6.45) is 1.92. The highest BCUT2D eigenvalue weighted by atomic mass is 127. The van der Waals surface area contributed by atoms with E-state index in [9.17, 15) is 0 Å². The van der Waals surface area contributed by atoms with Crippen LogP contribution in [-0.4, -0.2) is 12.1 Å². The molecule has 0 saturated heterocycles. The van der Waals surface area contributed by atoms with Crippen molar-refractivity contribution in [1.29, 1.82) is 0 Å². The fourth-order valence-corrected chi connectivity index (χ4v) is 2.20. The molecule has 0 radical (unpaired) electrons. The van der Waals surface area contributed by atoms with E-state index >= 15 is 0 Å². The summed E-state index contributed by atoms with van der Waals surface area (Å²) in [6, 6.07) is 10.1. The first-order valence-corrected chi connectivity index (χ1v) is 6.05. The molecule has 1 aromatic carbocycles. The number of methoxy groups -OCH3 is 1. The zero-order chi connectivity index (χ0) is 11.5. The molecule has 0 amide bonds. The average molecular weight is 325 g/mol. The normalized spacial score (nSPS) is 10.2. The van der Waals surface area contributed by atoms with Crippen LogP contribution < -0.4 is 4.74 Å². The third kappa shape index (κ3) is 2.35. The molecule has 3 heteroatoms. The van der Waals surface area contributed by atoms with Crippen LogP contribution in [-0.2, 0) is 0 Å². The van der Waals surface area contributed by atoms with Crippen molar-refractivity contribution in [1.82, 2.24) is 4.98 Å². The van der Waals surface area contributed by atoms with E-state index in [-0.39, 0.29) is 0 Å². The van der Waals surface area contributed by atoms with E-state index in [0.29, 0.717) is 0 Å². The predicted molar refractivity (Wildman–Crippen MR) is 73.7 cm³/mol. The molecule has 82 valence electrons. The van der Waals surface area contributed by atoms with Crippen LogP contribution >= 0.6 is 22.6 Å². The van der Waals surface area contributed by atoms with Gasteiger partial charge in [0, 0.05) is 11.8 Å². The van der Waals surface area contributed by atoms with E-state index in [4.69, 9.17) is 4.74 Å². The van der Waals surface area contributed by atoms with Crippen molar-refractivity contribution in [2.24, 2.45) is 0 Å². The average Bonchev–Trinajstić information content (AvgIpc) is 2.29. The lowest BCUT2D eigenvalue weighted by atomic mass is 10.0. The predicted octanol–water partition coefficient (Wildman–Crippen LogP) is 3.67. The SMILES string of the molecule is COc1ccc(-c2cnc(I)cc2C)cc1.